The van der Waals surface area contributed by atoms with Gasteiger partial charge in [-0.2, -0.15) is 0 Å². The molecule has 1 saturated heterocycles. The smallest absolute Gasteiger partial charge is 0.137 e. The van der Waals surface area contributed by atoms with Crippen LogP contribution in [-0.4, -0.2) is 76.5 Å². The lowest BCUT2D eigenvalue weighted by atomic mass is 10.2. The van der Waals surface area contributed by atoms with Gasteiger partial charge in [0.15, 0.2) is 0 Å². The van der Waals surface area contributed by atoms with Gasteiger partial charge in [-0.25, -0.2) is 9.67 Å². The van der Waals surface area contributed by atoms with E-state index in [0.717, 1.165) is 54.5 Å². The van der Waals surface area contributed by atoms with Gasteiger partial charge >= 0.3 is 0 Å². The molecule has 0 radical (unpaired) electrons. The van der Waals surface area contributed by atoms with Crippen LogP contribution in [0.15, 0.2) is 73.7 Å². The average Bonchev–Trinajstić information content (AvgIpc) is 3.62. The van der Waals surface area contributed by atoms with Crippen LogP contribution in [-0.2, 0) is 13.1 Å². The molecule has 35 heavy (non-hydrogen) atoms. The monoisotopic (exact) mass is 467 g/mol. The fourth-order valence-electron chi connectivity index (χ4n) is 4.68. The van der Waals surface area contributed by atoms with Gasteiger partial charge in [-0.05, 0) is 43.8 Å². The fraction of sp³-hybridized carbons (Fsp3) is 0.308. The van der Waals surface area contributed by atoms with Crippen molar-refractivity contribution in [2.75, 3.05) is 26.7 Å². The minimum atomic E-state index is 0.560. The quantitative estimate of drug-likeness (QED) is 0.382. The van der Waals surface area contributed by atoms with E-state index in [0.29, 0.717) is 12.6 Å². The minimum Gasteiger partial charge on any atom is -0.322 e. The van der Waals surface area contributed by atoms with E-state index in [2.05, 4.69) is 74.1 Å². The van der Waals surface area contributed by atoms with Crippen molar-refractivity contribution >= 4 is 5.65 Å². The number of nitrogens with zero attached hydrogens (tertiary/aromatic N) is 9. The molecule has 0 amide bonds. The number of piperazine rings is 1. The Bertz CT molecular complexity index is 1430. The molecule has 178 valence electrons. The highest BCUT2D eigenvalue weighted by Gasteiger charge is 2.20. The molecule has 9 nitrogen and oxygen atoms in total. The van der Waals surface area contributed by atoms with Crippen molar-refractivity contribution in [2.45, 2.75) is 26.1 Å². The SMILES string of the molecule is C[C@H]1CN(Cc2ccc3nc(Cn4cc(-c5cncc(-n6cccc6)c5)nn4)cn3c2)CCN1C. The highest BCUT2D eigenvalue weighted by molar-refractivity contribution is 5.59. The van der Waals surface area contributed by atoms with Gasteiger partial charge in [-0.1, -0.05) is 11.3 Å². The lowest BCUT2D eigenvalue weighted by Crippen LogP contribution is -2.49. The predicted molar refractivity (Wildman–Crippen MR) is 134 cm³/mol. The molecule has 0 N–H and O–H groups in total. The number of hydrogen-bond acceptors (Lipinski definition) is 6. The van der Waals surface area contributed by atoms with E-state index < -0.39 is 0 Å². The maximum Gasteiger partial charge on any atom is 0.137 e. The Hall–Kier alpha value is -3.82. The number of hydrogen-bond donors (Lipinski definition) is 0. The Labute approximate surface area is 204 Å². The Morgan fingerprint density at radius 1 is 1.00 bits per heavy atom. The fourth-order valence-corrected chi connectivity index (χ4v) is 4.68. The van der Waals surface area contributed by atoms with Gasteiger partial charge < -0.3 is 13.9 Å². The van der Waals surface area contributed by atoms with E-state index in [-0.39, 0.29) is 0 Å². The molecule has 0 aliphatic carbocycles. The second-order valence-corrected chi connectivity index (χ2v) is 9.42. The molecule has 1 aliphatic rings. The first-order chi connectivity index (χ1) is 17.1. The zero-order valence-electron chi connectivity index (χ0n) is 20.1. The standard InChI is InChI=1S/C26H29N9/c1-20-14-32(10-9-31(20)2)15-21-5-6-26-28-23(17-34(26)16-21)18-35-19-25(29-30-35)22-11-24(13-27-12-22)33-7-3-4-8-33/h3-8,11-13,16-17,19-20H,9-10,14-15,18H2,1-2H3/t20-/m0/s1. The Balaban J connectivity index is 1.16. The Morgan fingerprint density at radius 2 is 1.89 bits per heavy atom. The number of imidazole rings is 1. The molecule has 0 aromatic carbocycles. The third-order valence-corrected chi connectivity index (χ3v) is 6.80. The van der Waals surface area contributed by atoms with Crippen LogP contribution < -0.4 is 0 Å². The molecule has 0 bridgehead atoms. The van der Waals surface area contributed by atoms with Gasteiger partial charge in [0.05, 0.1) is 30.3 Å². The maximum atomic E-state index is 4.79. The zero-order chi connectivity index (χ0) is 23.8. The van der Waals surface area contributed by atoms with Gasteiger partial charge in [0.25, 0.3) is 0 Å². The summed E-state index contributed by atoms with van der Waals surface area (Å²) < 4.78 is 5.97. The average molecular weight is 468 g/mol. The van der Waals surface area contributed by atoms with Crippen molar-refractivity contribution in [3.8, 4) is 16.9 Å². The third-order valence-electron chi connectivity index (χ3n) is 6.80. The van der Waals surface area contributed by atoms with Gasteiger partial charge in [-0.3, -0.25) is 9.88 Å². The number of aromatic nitrogens is 7. The van der Waals surface area contributed by atoms with Crippen LogP contribution in [0.4, 0.5) is 0 Å². The van der Waals surface area contributed by atoms with E-state index in [1.54, 1.807) is 0 Å². The number of fused-ring (bicyclic) bond motifs is 1. The summed E-state index contributed by atoms with van der Waals surface area (Å²) in [6.45, 7) is 7.14. The summed E-state index contributed by atoms with van der Waals surface area (Å²) in [5.41, 5.74) is 5.91. The summed E-state index contributed by atoms with van der Waals surface area (Å²) in [4.78, 5) is 14.1. The van der Waals surface area contributed by atoms with Crippen molar-refractivity contribution in [1.29, 1.82) is 0 Å². The van der Waals surface area contributed by atoms with Crippen LogP contribution >= 0.6 is 0 Å². The van der Waals surface area contributed by atoms with Gasteiger partial charge in [0.1, 0.15) is 11.3 Å². The summed E-state index contributed by atoms with van der Waals surface area (Å²) in [6.07, 6.45) is 13.9. The Kier molecular flexibility index (Phi) is 5.63. The molecule has 6 heterocycles. The lowest BCUT2D eigenvalue weighted by molar-refractivity contribution is 0.0999. The molecule has 1 atom stereocenters. The van der Waals surface area contributed by atoms with E-state index in [1.165, 1.54) is 5.56 Å². The first-order valence-corrected chi connectivity index (χ1v) is 12.0. The van der Waals surface area contributed by atoms with Crippen molar-refractivity contribution in [1.82, 2.24) is 43.7 Å². The van der Waals surface area contributed by atoms with E-state index in [1.807, 2.05) is 52.4 Å². The van der Waals surface area contributed by atoms with Gasteiger partial charge in [0, 0.05) is 68.8 Å². The molecular formula is C26H29N9. The number of likely N-dealkylation sites (N-methyl/N-ethyl adjacent to an activating group) is 1. The highest BCUT2D eigenvalue weighted by atomic mass is 15.4. The molecule has 5 aromatic heterocycles. The molecule has 5 aromatic rings. The molecule has 0 unspecified atom stereocenters. The Morgan fingerprint density at radius 3 is 2.74 bits per heavy atom. The van der Waals surface area contributed by atoms with E-state index in [9.17, 15) is 0 Å². The first-order valence-electron chi connectivity index (χ1n) is 12.0. The van der Waals surface area contributed by atoms with Crippen LogP contribution in [0.2, 0.25) is 0 Å². The molecule has 0 spiro atoms. The minimum absolute atomic E-state index is 0.560. The van der Waals surface area contributed by atoms with Crippen LogP contribution in [0, 0.1) is 0 Å². The highest BCUT2D eigenvalue weighted by Crippen LogP contribution is 2.19. The lowest BCUT2D eigenvalue weighted by Gasteiger charge is -2.37. The molecule has 0 saturated carbocycles. The largest absolute Gasteiger partial charge is 0.322 e. The predicted octanol–water partition coefficient (Wildman–Crippen LogP) is 2.96. The summed E-state index contributed by atoms with van der Waals surface area (Å²) in [7, 11) is 2.21. The second-order valence-electron chi connectivity index (χ2n) is 9.42. The molecule has 6 rings (SSSR count). The summed E-state index contributed by atoms with van der Waals surface area (Å²) >= 11 is 0. The summed E-state index contributed by atoms with van der Waals surface area (Å²) in [5, 5.41) is 8.70. The number of rotatable bonds is 6. The van der Waals surface area contributed by atoms with Crippen molar-refractivity contribution in [3.05, 3.63) is 85.0 Å². The normalized spacial score (nSPS) is 17.4. The van der Waals surface area contributed by atoms with Crippen molar-refractivity contribution in [3.63, 3.8) is 0 Å². The number of pyridine rings is 2. The summed E-state index contributed by atoms with van der Waals surface area (Å²) in [6, 6.07) is 10.9. The van der Waals surface area contributed by atoms with E-state index >= 15 is 0 Å². The second kappa shape index (κ2) is 9.09. The van der Waals surface area contributed by atoms with Crippen LogP contribution in [0.5, 0.6) is 0 Å². The molecule has 1 fully saturated rings. The first kappa shape index (κ1) is 21.7. The van der Waals surface area contributed by atoms with Gasteiger partial charge in [0.2, 0.25) is 0 Å². The maximum absolute atomic E-state index is 4.79. The topological polar surface area (TPSA) is 72.3 Å². The van der Waals surface area contributed by atoms with Crippen LogP contribution in [0.1, 0.15) is 18.2 Å². The molecule has 9 heteroatoms. The molecular weight excluding hydrogens is 438 g/mol. The zero-order valence-corrected chi connectivity index (χ0v) is 20.1. The van der Waals surface area contributed by atoms with Crippen LogP contribution in [0.3, 0.4) is 0 Å². The summed E-state index contributed by atoms with van der Waals surface area (Å²) in [5.74, 6) is 0. The third kappa shape index (κ3) is 4.60. The van der Waals surface area contributed by atoms with Crippen molar-refractivity contribution in [2.24, 2.45) is 0 Å². The molecule has 1 aliphatic heterocycles. The van der Waals surface area contributed by atoms with Gasteiger partial charge in [-0.15, -0.1) is 5.10 Å². The van der Waals surface area contributed by atoms with Crippen LogP contribution in [0.25, 0.3) is 22.6 Å². The van der Waals surface area contributed by atoms with Crippen molar-refractivity contribution < 1.29 is 0 Å². The van der Waals surface area contributed by atoms with E-state index in [4.69, 9.17) is 4.98 Å².